The number of hydrogen-bond acceptors (Lipinski definition) is 5. The van der Waals surface area contributed by atoms with Gasteiger partial charge in [0.05, 0.1) is 25.3 Å². The molecule has 0 saturated heterocycles. The monoisotopic (exact) mass is 489 g/mol. The molecule has 3 aromatic rings. The number of halogens is 1. The first-order chi connectivity index (χ1) is 17.4. The van der Waals surface area contributed by atoms with Crippen molar-refractivity contribution in [3.05, 3.63) is 107 Å². The first-order valence-corrected chi connectivity index (χ1v) is 11.8. The van der Waals surface area contributed by atoms with Crippen LogP contribution in [-0.2, 0) is 22.6 Å². The molecule has 0 aromatic heterocycles. The fourth-order valence-corrected chi connectivity index (χ4v) is 4.40. The summed E-state index contributed by atoms with van der Waals surface area (Å²) in [6, 6.07) is 19.7. The number of carbonyl (C=O) groups excluding carboxylic acids is 2. The van der Waals surface area contributed by atoms with Crippen molar-refractivity contribution in [2.75, 3.05) is 13.7 Å². The zero-order chi connectivity index (χ0) is 25.7. The molecule has 6 nitrogen and oxygen atoms in total. The summed E-state index contributed by atoms with van der Waals surface area (Å²) in [6.45, 7) is 2.32. The zero-order valence-corrected chi connectivity index (χ0v) is 20.2. The lowest BCUT2D eigenvalue weighted by molar-refractivity contribution is -0.130. The van der Waals surface area contributed by atoms with E-state index in [0.29, 0.717) is 35.7 Å². The van der Waals surface area contributed by atoms with Crippen molar-refractivity contribution in [1.29, 1.82) is 0 Å². The van der Waals surface area contributed by atoms with Gasteiger partial charge in [0, 0.05) is 13.0 Å². The molecule has 7 heteroatoms. The third-order valence-electron chi connectivity index (χ3n) is 6.16. The summed E-state index contributed by atoms with van der Waals surface area (Å²) in [5.74, 6) is -0.938. The van der Waals surface area contributed by atoms with E-state index in [1.165, 1.54) is 24.1 Å². The van der Waals surface area contributed by atoms with Crippen LogP contribution in [0, 0.1) is 5.82 Å². The summed E-state index contributed by atoms with van der Waals surface area (Å²) >= 11 is 0. The Morgan fingerprint density at radius 2 is 1.72 bits per heavy atom. The Morgan fingerprint density at radius 1 is 1.00 bits per heavy atom. The number of amides is 1. The lowest BCUT2D eigenvalue weighted by atomic mass is 9.92. The zero-order valence-electron chi connectivity index (χ0n) is 20.2. The van der Waals surface area contributed by atoms with E-state index in [2.05, 4.69) is 0 Å². The lowest BCUT2D eigenvalue weighted by Gasteiger charge is -2.27. The average Bonchev–Trinajstić information content (AvgIpc) is 3.14. The lowest BCUT2D eigenvalue weighted by Crippen LogP contribution is -2.30. The number of aliphatic hydroxyl groups excluding tert-OH is 1. The second-order valence-electron chi connectivity index (χ2n) is 8.48. The van der Waals surface area contributed by atoms with Gasteiger partial charge in [-0.1, -0.05) is 48.5 Å². The van der Waals surface area contributed by atoms with Crippen molar-refractivity contribution in [3.63, 3.8) is 0 Å². The van der Waals surface area contributed by atoms with Crippen LogP contribution in [0.3, 0.4) is 0 Å². The van der Waals surface area contributed by atoms with E-state index in [0.717, 1.165) is 5.56 Å². The number of nitrogens with zero attached hydrogens (tertiary/aromatic N) is 1. The minimum absolute atomic E-state index is 0.0469. The maximum Gasteiger partial charge on any atom is 0.290 e. The van der Waals surface area contributed by atoms with Gasteiger partial charge in [0.15, 0.2) is 23.0 Å². The topological polar surface area (TPSA) is 76.1 Å². The second-order valence-corrected chi connectivity index (χ2v) is 8.48. The quantitative estimate of drug-likeness (QED) is 0.417. The second kappa shape index (κ2) is 11.1. The van der Waals surface area contributed by atoms with Crippen molar-refractivity contribution >= 4 is 11.7 Å². The van der Waals surface area contributed by atoms with E-state index in [1.807, 2.05) is 37.3 Å². The van der Waals surface area contributed by atoms with Crippen molar-refractivity contribution in [1.82, 2.24) is 4.90 Å². The Kier molecular flexibility index (Phi) is 7.68. The molecule has 1 atom stereocenters. The fourth-order valence-electron chi connectivity index (χ4n) is 4.40. The van der Waals surface area contributed by atoms with Crippen LogP contribution in [0.2, 0.25) is 0 Å². The van der Waals surface area contributed by atoms with Gasteiger partial charge in [-0.2, -0.15) is 0 Å². The van der Waals surface area contributed by atoms with Crippen molar-refractivity contribution in [2.24, 2.45) is 0 Å². The van der Waals surface area contributed by atoms with Gasteiger partial charge >= 0.3 is 0 Å². The summed E-state index contributed by atoms with van der Waals surface area (Å²) in [4.78, 5) is 28.1. The summed E-state index contributed by atoms with van der Waals surface area (Å²) in [5.41, 5.74) is 2.30. The molecule has 1 amide bonds. The van der Waals surface area contributed by atoms with Crippen LogP contribution in [-0.4, -0.2) is 35.4 Å². The Morgan fingerprint density at radius 3 is 2.39 bits per heavy atom. The highest BCUT2D eigenvalue weighted by molar-refractivity contribution is 6.09. The van der Waals surface area contributed by atoms with Crippen molar-refractivity contribution in [3.8, 4) is 11.5 Å². The van der Waals surface area contributed by atoms with Gasteiger partial charge in [-0.25, -0.2) is 4.39 Å². The summed E-state index contributed by atoms with van der Waals surface area (Å²) in [7, 11) is 1.53. The van der Waals surface area contributed by atoms with Crippen LogP contribution in [0.25, 0.3) is 0 Å². The number of ether oxygens (including phenoxy) is 2. The first kappa shape index (κ1) is 25.0. The highest BCUT2D eigenvalue weighted by atomic mass is 19.1. The number of benzene rings is 3. The number of Topliss-reactive ketones (excluding diaryl/α,β-unsaturated/α-hetero) is 1. The molecule has 4 rings (SSSR count). The van der Waals surface area contributed by atoms with Crippen LogP contribution in [0.5, 0.6) is 11.5 Å². The largest absolute Gasteiger partial charge is 0.503 e. The third kappa shape index (κ3) is 5.25. The average molecular weight is 490 g/mol. The molecule has 0 bridgehead atoms. The van der Waals surface area contributed by atoms with Crippen LogP contribution < -0.4 is 9.47 Å². The van der Waals surface area contributed by atoms with Gasteiger partial charge in [-0.05, 0) is 54.3 Å². The number of rotatable bonds is 10. The number of hydrogen-bond donors (Lipinski definition) is 1. The van der Waals surface area contributed by atoms with E-state index in [4.69, 9.17) is 9.47 Å². The normalized spacial score (nSPS) is 15.4. The Balaban J connectivity index is 1.72. The van der Waals surface area contributed by atoms with Crippen LogP contribution in [0.4, 0.5) is 4.39 Å². The van der Waals surface area contributed by atoms with E-state index >= 15 is 0 Å². The maximum absolute atomic E-state index is 13.5. The molecule has 1 N–H and O–H groups in total. The molecule has 0 radical (unpaired) electrons. The Labute approximate surface area is 209 Å². The summed E-state index contributed by atoms with van der Waals surface area (Å²) in [5, 5.41) is 10.9. The summed E-state index contributed by atoms with van der Waals surface area (Å²) < 4.78 is 24.6. The van der Waals surface area contributed by atoms with E-state index < -0.39 is 23.5 Å². The molecule has 1 unspecified atom stereocenters. The predicted octanol–water partition coefficient (Wildman–Crippen LogP) is 5.33. The van der Waals surface area contributed by atoms with Crippen molar-refractivity contribution < 1.29 is 28.6 Å². The van der Waals surface area contributed by atoms with Crippen molar-refractivity contribution in [2.45, 2.75) is 32.4 Å². The number of aryl methyl sites for hydroxylation is 1. The molecular formula is C29H28FNO5. The van der Waals surface area contributed by atoms with Crippen LogP contribution >= 0.6 is 0 Å². The molecule has 1 aliphatic rings. The molecule has 0 spiro atoms. The molecule has 1 aliphatic heterocycles. The van der Waals surface area contributed by atoms with Gasteiger partial charge in [-0.3, -0.25) is 9.59 Å². The van der Waals surface area contributed by atoms with E-state index in [9.17, 15) is 19.1 Å². The molecule has 0 aliphatic carbocycles. The van der Waals surface area contributed by atoms with Crippen LogP contribution in [0.15, 0.2) is 84.1 Å². The van der Waals surface area contributed by atoms with Gasteiger partial charge in [0.1, 0.15) is 5.82 Å². The molecule has 0 fully saturated rings. The Hall–Kier alpha value is -4.13. The first-order valence-electron chi connectivity index (χ1n) is 11.8. The minimum Gasteiger partial charge on any atom is -0.503 e. The van der Waals surface area contributed by atoms with Gasteiger partial charge < -0.3 is 19.5 Å². The number of ketones is 1. The third-order valence-corrected chi connectivity index (χ3v) is 6.16. The van der Waals surface area contributed by atoms with Gasteiger partial charge in [0.25, 0.3) is 5.91 Å². The predicted molar refractivity (Wildman–Crippen MR) is 133 cm³/mol. The molecule has 1 heterocycles. The van der Waals surface area contributed by atoms with Gasteiger partial charge in [0.2, 0.25) is 0 Å². The molecule has 186 valence electrons. The molecule has 0 saturated carbocycles. The van der Waals surface area contributed by atoms with E-state index in [-0.39, 0.29) is 24.3 Å². The number of carbonyl (C=O) groups is 2. The standard InChI is InChI=1S/C29H28FNO5/c1-3-36-25-17-21(12-16-24(25)35-2)27-26(23(32)15-11-19-7-5-4-6-8-19)28(33)29(34)31(27)18-20-9-13-22(30)14-10-20/h4-10,12-14,16-17,27,33H,3,11,15,18H2,1-2H3. The van der Waals surface area contributed by atoms with Crippen LogP contribution in [0.1, 0.15) is 36.1 Å². The molecule has 3 aromatic carbocycles. The van der Waals surface area contributed by atoms with E-state index in [1.54, 1.807) is 30.3 Å². The fraction of sp³-hybridized carbons (Fsp3) is 0.241. The highest BCUT2D eigenvalue weighted by Crippen LogP contribution is 2.42. The minimum atomic E-state index is -0.837. The van der Waals surface area contributed by atoms with Gasteiger partial charge in [-0.15, -0.1) is 0 Å². The SMILES string of the molecule is CCOc1cc(C2C(C(=O)CCc3ccccc3)=C(O)C(=O)N2Cc2ccc(F)cc2)ccc1OC. The molecular weight excluding hydrogens is 461 g/mol. The maximum atomic E-state index is 13.5. The molecule has 36 heavy (non-hydrogen) atoms. The Bertz CT molecular complexity index is 1270. The highest BCUT2D eigenvalue weighted by Gasteiger charge is 2.43. The number of methoxy groups -OCH3 is 1. The number of aliphatic hydroxyl groups is 1. The summed E-state index contributed by atoms with van der Waals surface area (Å²) in [6.07, 6.45) is 0.605. The smallest absolute Gasteiger partial charge is 0.290 e.